The molecule has 0 unspecified atom stereocenters. The van der Waals surface area contributed by atoms with Crippen LogP contribution in [0.4, 0.5) is 17.1 Å². The zero-order valence-electron chi connectivity index (χ0n) is 28.8. The lowest BCUT2D eigenvalue weighted by molar-refractivity contribution is 0.660. The minimum atomic E-state index is -0.0499. The Hall–Kier alpha value is -5.44. The van der Waals surface area contributed by atoms with Crippen LogP contribution in [0.1, 0.15) is 49.9 Å². The monoisotopic (exact) mass is 659 g/mol. The van der Waals surface area contributed by atoms with Crippen molar-refractivity contribution in [3.05, 3.63) is 174 Å². The van der Waals surface area contributed by atoms with Crippen LogP contribution in [0, 0.1) is 0 Å². The van der Waals surface area contributed by atoms with Gasteiger partial charge in [-0.2, -0.15) is 0 Å². The summed E-state index contributed by atoms with van der Waals surface area (Å²) in [6, 6.07) is 56.8. The van der Waals surface area contributed by atoms with Gasteiger partial charge in [-0.25, -0.2) is 0 Å². The van der Waals surface area contributed by atoms with Crippen LogP contribution in [0.15, 0.2) is 152 Å². The summed E-state index contributed by atoms with van der Waals surface area (Å²) in [5.41, 5.74) is 16.8. The first-order chi connectivity index (χ1) is 24.3. The molecule has 0 saturated heterocycles. The molecule has 2 heteroatoms. The van der Waals surface area contributed by atoms with E-state index in [2.05, 4.69) is 184 Å². The smallest absolute Gasteiger partial charge is 0.0540 e. The summed E-state index contributed by atoms with van der Waals surface area (Å²) >= 11 is 1.88. The van der Waals surface area contributed by atoms with Gasteiger partial charge in [0, 0.05) is 47.9 Å². The predicted octanol–water partition coefficient (Wildman–Crippen LogP) is 13.8. The molecule has 0 aliphatic heterocycles. The van der Waals surface area contributed by atoms with E-state index in [9.17, 15) is 0 Å². The number of hydrogen-bond acceptors (Lipinski definition) is 2. The molecule has 2 aliphatic rings. The zero-order chi connectivity index (χ0) is 33.8. The Kier molecular flexibility index (Phi) is 6.21. The second kappa shape index (κ2) is 10.5. The topological polar surface area (TPSA) is 3.24 Å². The van der Waals surface area contributed by atoms with Gasteiger partial charge in [-0.3, -0.25) is 0 Å². The molecule has 0 N–H and O–H groups in total. The van der Waals surface area contributed by atoms with Crippen LogP contribution in [-0.2, 0) is 10.8 Å². The highest BCUT2D eigenvalue weighted by molar-refractivity contribution is 7.25. The van der Waals surface area contributed by atoms with Crippen LogP contribution in [0.3, 0.4) is 0 Å². The number of para-hydroxylation sites is 1. The van der Waals surface area contributed by atoms with Crippen molar-refractivity contribution in [3.8, 4) is 33.4 Å². The Morgan fingerprint density at radius 2 is 0.880 bits per heavy atom. The van der Waals surface area contributed by atoms with E-state index < -0.39 is 0 Å². The predicted molar refractivity (Wildman–Crippen MR) is 215 cm³/mol. The second-order valence-electron chi connectivity index (χ2n) is 14.9. The van der Waals surface area contributed by atoms with Gasteiger partial charge in [0.15, 0.2) is 0 Å². The number of hydrogen-bond donors (Lipinski definition) is 0. The SMILES string of the molecule is CC1(C)c2ccccc2-c2cc(N(c3ccc4c(c3)-c3ccccc3C4(C)C)c3ccccc3-c3cccc4sc5ccccc5c34)ccc21. The minimum absolute atomic E-state index is 0.0499. The van der Waals surface area contributed by atoms with Crippen LogP contribution < -0.4 is 4.90 Å². The van der Waals surface area contributed by atoms with E-state index in [1.165, 1.54) is 81.5 Å². The molecule has 0 amide bonds. The normalized spacial score (nSPS) is 14.7. The third kappa shape index (κ3) is 4.06. The molecule has 50 heavy (non-hydrogen) atoms. The van der Waals surface area contributed by atoms with Crippen molar-refractivity contribution in [2.24, 2.45) is 0 Å². The zero-order valence-corrected chi connectivity index (χ0v) is 29.6. The van der Waals surface area contributed by atoms with E-state index in [-0.39, 0.29) is 10.8 Å². The Balaban J connectivity index is 1.25. The van der Waals surface area contributed by atoms with Crippen LogP contribution >= 0.6 is 11.3 Å². The molecule has 2 aliphatic carbocycles. The lowest BCUT2D eigenvalue weighted by Gasteiger charge is -2.30. The molecular weight excluding hydrogens is 623 g/mol. The summed E-state index contributed by atoms with van der Waals surface area (Å²) < 4.78 is 2.64. The lowest BCUT2D eigenvalue weighted by Crippen LogP contribution is -2.16. The van der Waals surface area contributed by atoms with Gasteiger partial charge in [0.25, 0.3) is 0 Å². The highest BCUT2D eigenvalue weighted by Gasteiger charge is 2.37. The number of anilines is 3. The fourth-order valence-electron chi connectivity index (χ4n) is 9.02. The average Bonchev–Trinajstić information content (AvgIpc) is 3.72. The summed E-state index contributed by atoms with van der Waals surface area (Å²) in [5, 5.41) is 2.65. The van der Waals surface area contributed by atoms with E-state index in [4.69, 9.17) is 0 Å². The van der Waals surface area contributed by atoms with E-state index >= 15 is 0 Å². The molecule has 0 saturated carbocycles. The molecule has 0 bridgehead atoms. The van der Waals surface area contributed by atoms with Gasteiger partial charge < -0.3 is 4.90 Å². The molecule has 0 fully saturated rings. The number of nitrogens with zero attached hydrogens (tertiary/aromatic N) is 1. The number of fused-ring (bicyclic) bond motifs is 9. The maximum Gasteiger partial charge on any atom is 0.0540 e. The maximum absolute atomic E-state index is 2.51. The third-order valence-corrected chi connectivity index (χ3v) is 12.6. The van der Waals surface area contributed by atoms with Gasteiger partial charge in [-0.1, -0.05) is 137 Å². The number of thiophene rings is 1. The van der Waals surface area contributed by atoms with Crippen molar-refractivity contribution >= 4 is 48.6 Å². The van der Waals surface area contributed by atoms with E-state index in [1.54, 1.807) is 0 Å². The van der Waals surface area contributed by atoms with Gasteiger partial charge in [0.05, 0.1) is 5.69 Å². The largest absolute Gasteiger partial charge is 0.310 e. The highest BCUT2D eigenvalue weighted by Crippen LogP contribution is 2.54. The fraction of sp³-hybridized carbons (Fsp3) is 0.125. The van der Waals surface area contributed by atoms with Crippen molar-refractivity contribution in [1.82, 2.24) is 0 Å². The molecule has 7 aromatic carbocycles. The molecule has 0 atom stereocenters. The Morgan fingerprint density at radius 1 is 0.400 bits per heavy atom. The van der Waals surface area contributed by atoms with Gasteiger partial charge >= 0.3 is 0 Å². The summed E-state index contributed by atoms with van der Waals surface area (Å²) in [5.74, 6) is 0. The summed E-state index contributed by atoms with van der Waals surface area (Å²) in [7, 11) is 0. The van der Waals surface area contributed by atoms with Crippen LogP contribution in [-0.4, -0.2) is 0 Å². The van der Waals surface area contributed by atoms with Crippen LogP contribution in [0.25, 0.3) is 53.6 Å². The van der Waals surface area contributed by atoms with Gasteiger partial charge in [-0.05, 0) is 92.5 Å². The van der Waals surface area contributed by atoms with Gasteiger partial charge in [-0.15, -0.1) is 11.3 Å². The van der Waals surface area contributed by atoms with Crippen LogP contribution in [0.5, 0.6) is 0 Å². The van der Waals surface area contributed by atoms with E-state index in [1.807, 2.05) is 11.3 Å². The molecule has 10 rings (SSSR count). The summed E-state index contributed by atoms with van der Waals surface area (Å²) in [6.07, 6.45) is 0. The number of benzene rings is 7. The molecule has 0 radical (unpaired) electrons. The molecular formula is C48H37NS. The molecule has 0 spiro atoms. The third-order valence-electron chi connectivity index (χ3n) is 11.5. The number of rotatable bonds is 4. The first-order valence-electron chi connectivity index (χ1n) is 17.6. The Labute approximate surface area is 298 Å². The maximum atomic E-state index is 2.51. The van der Waals surface area contributed by atoms with E-state index in [0.717, 1.165) is 11.4 Å². The van der Waals surface area contributed by atoms with Crippen molar-refractivity contribution in [3.63, 3.8) is 0 Å². The summed E-state index contributed by atoms with van der Waals surface area (Å²) in [6.45, 7) is 9.43. The molecule has 1 heterocycles. The molecule has 8 aromatic rings. The van der Waals surface area contributed by atoms with Gasteiger partial charge in [0.2, 0.25) is 0 Å². The van der Waals surface area contributed by atoms with Crippen molar-refractivity contribution < 1.29 is 0 Å². The van der Waals surface area contributed by atoms with Crippen molar-refractivity contribution in [2.75, 3.05) is 4.90 Å². The van der Waals surface area contributed by atoms with Gasteiger partial charge in [0.1, 0.15) is 0 Å². The molecule has 1 aromatic heterocycles. The van der Waals surface area contributed by atoms with Crippen molar-refractivity contribution in [2.45, 2.75) is 38.5 Å². The molecule has 1 nitrogen and oxygen atoms in total. The first kappa shape index (κ1) is 29.5. The average molecular weight is 660 g/mol. The molecule has 240 valence electrons. The quantitative estimate of drug-likeness (QED) is 0.182. The fourth-order valence-corrected chi connectivity index (χ4v) is 10.1. The van der Waals surface area contributed by atoms with Crippen LogP contribution in [0.2, 0.25) is 0 Å². The highest BCUT2D eigenvalue weighted by atomic mass is 32.1. The summed E-state index contributed by atoms with van der Waals surface area (Å²) in [4.78, 5) is 2.51. The Bertz CT molecular complexity index is 2560. The minimum Gasteiger partial charge on any atom is -0.310 e. The standard InChI is InChI=1S/C48H37NS/c1-47(2)39-19-9-5-14-32(39)37-28-30(24-26-41(37)47)49(31-25-27-42-38(29-31)33-15-6-10-20-40(33)48(42,3)4)43-21-11-7-16-34(43)35-18-13-23-45-46(35)36-17-8-12-22-44(36)50-45/h5-29H,1-4H3. The Morgan fingerprint density at radius 3 is 1.52 bits per heavy atom. The lowest BCUT2D eigenvalue weighted by atomic mass is 9.82. The van der Waals surface area contributed by atoms with Crippen molar-refractivity contribution in [1.29, 1.82) is 0 Å². The first-order valence-corrected chi connectivity index (χ1v) is 18.4. The second-order valence-corrected chi connectivity index (χ2v) is 16.0. The van der Waals surface area contributed by atoms with E-state index in [0.29, 0.717) is 0 Å².